The number of nitrogens with one attached hydrogen (secondary N) is 2. The zero-order valence-electron chi connectivity index (χ0n) is 34.4. The Kier molecular flexibility index (Phi) is 32.2. The van der Waals surface area contributed by atoms with E-state index in [-0.39, 0.29) is 30.3 Å². The molecule has 0 saturated carbocycles. The van der Waals surface area contributed by atoms with E-state index in [0.29, 0.717) is 12.0 Å². The average Bonchev–Trinajstić information content (AvgIpc) is 3.64. The maximum absolute atomic E-state index is 12.4. The molecule has 2 aliphatic heterocycles. The van der Waals surface area contributed by atoms with Gasteiger partial charge >= 0.3 is 0 Å². The Balaban J connectivity index is 0. The van der Waals surface area contributed by atoms with Crippen LogP contribution >= 0.6 is 0 Å². The molecule has 1 atom stereocenters. The molecule has 50 heavy (non-hydrogen) atoms. The van der Waals surface area contributed by atoms with E-state index in [0.717, 1.165) is 63.8 Å². The third kappa shape index (κ3) is 26.4. The van der Waals surface area contributed by atoms with E-state index in [1.54, 1.807) is 18.9 Å². The van der Waals surface area contributed by atoms with E-state index in [1.165, 1.54) is 71.1 Å². The topological polar surface area (TPSA) is 105 Å². The van der Waals surface area contributed by atoms with Gasteiger partial charge in [-0.2, -0.15) is 0 Å². The summed E-state index contributed by atoms with van der Waals surface area (Å²) in [5.74, 6) is 0.880. The molecule has 0 spiro atoms. The molecule has 2 fully saturated rings. The molecule has 4 amide bonds. The molecule has 10 nitrogen and oxygen atoms in total. The van der Waals surface area contributed by atoms with Crippen LogP contribution in [0.2, 0.25) is 0 Å². The lowest BCUT2D eigenvalue weighted by Gasteiger charge is -2.30. The number of unbranched alkanes of at least 4 members (excludes halogenated alkanes) is 2. The first-order chi connectivity index (χ1) is 23.8. The Morgan fingerprint density at radius 2 is 1.22 bits per heavy atom. The van der Waals surface area contributed by atoms with Crippen LogP contribution in [0.3, 0.4) is 0 Å². The van der Waals surface area contributed by atoms with E-state index < -0.39 is 0 Å². The monoisotopic (exact) mass is 709 g/mol. The molecule has 2 aliphatic rings. The summed E-state index contributed by atoms with van der Waals surface area (Å²) >= 11 is 0. The fourth-order valence-corrected chi connectivity index (χ4v) is 5.67. The second kappa shape index (κ2) is 32.4. The summed E-state index contributed by atoms with van der Waals surface area (Å²) in [7, 11) is 1.70. The van der Waals surface area contributed by atoms with Gasteiger partial charge in [0, 0.05) is 38.3 Å². The largest absolute Gasteiger partial charge is 0.359 e. The molecule has 10 heteroatoms. The van der Waals surface area contributed by atoms with Crippen LogP contribution in [0.4, 0.5) is 0 Å². The van der Waals surface area contributed by atoms with Gasteiger partial charge in [-0.1, -0.05) is 73.8 Å². The number of hydrogen-bond donors (Lipinski definition) is 2. The summed E-state index contributed by atoms with van der Waals surface area (Å²) in [6, 6.07) is 0.595. The van der Waals surface area contributed by atoms with E-state index in [1.807, 2.05) is 24.8 Å². The van der Waals surface area contributed by atoms with Crippen LogP contribution in [-0.4, -0.2) is 122 Å². The Hall–Kier alpha value is -2.46. The van der Waals surface area contributed by atoms with Crippen LogP contribution in [0.1, 0.15) is 133 Å². The van der Waals surface area contributed by atoms with Gasteiger partial charge in [0.15, 0.2) is 0 Å². The first kappa shape index (κ1) is 49.7. The number of nitrogens with zero attached hydrogens (tertiary/aromatic N) is 4. The Bertz CT molecular complexity index is 872. The lowest BCUT2D eigenvalue weighted by atomic mass is 9.99. The number of likely N-dealkylation sites (tertiary alicyclic amines) is 2. The van der Waals surface area contributed by atoms with Gasteiger partial charge in [-0.25, -0.2) is 0 Å². The summed E-state index contributed by atoms with van der Waals surface area (Å²) in [4.78, 5) is 53.3. The first-order valence-electron chi connectivity index (χ1n) is 19.8. The van der Waals surface area contributed by atoms with Crippen molar-refractivity contribution >= 4 is 24.6 Å². The third-order valence-electron chi connectivity index (χ3n) is 8.67. The highest BCUT2D eigenvalue weighted by molar-refractivity contribution is 5.93. The van der Waals surface area contributed by atoms with Gasteiger partial charge in [0.25, 0.3) is 0 Å². The molecule has 0 aromatic carbocycles. The minimum Gasteiger partial charge on any atom is -0.359 e. The van der Waals surface area contributed by atoms with E-state index in [4.69, 9.17) is 0 Å². The van der Waals surface area contributed by atoms with Gasteiger partial charge in [-0.05, 0) is 110 Å². The van der Waals surface area contributed by atoms with E-state index in [2.05, 4.69) is 68.9 Å². The van der Waals surface area contributed by atoms with Crippen molar-refractivity contribution in [2.45, 2.75) is 146 Å². The van der Waals surface area contributed by atoms with Crippen molar-refractivity contribution in [2.75, 3.05) is 66.0 Å². The van der Waals surface area contributed by atoms with Crippen molar-refractivity contribution in [1.82, 2.24) is 30.2 Å². The maximum atomic E-state index is 12.4. The lowest BCUT2D eigenvalue weighted by molar-refractivity contribution is -0.132. The van der Waals surface area contributed by atoms with E-state index >= 15 is 0 Å². The van der Waals surface area contributed by atoms with Crippen LogP contribution in [0.5, 0.6) is 0 Å². The number of hydrogen-bond acceptors (Lipinski definition) is 6. The normalized spacial score (nSPS) is 15.3. The van der Waals surface area contributed by atoms with Crippen molar-refractivity contribution in [2.24, 2.45) is 11.8 Å². The predicted molar refractivity (Wildman–Crippen MR) is 211 cm³/mol. The maximum Gasteiger partial charge on any atom is 0.249 e. The number of carbonyl (C=O) groups is 4. The summed E-state index contributed by atoms with van der Waals surface area (Å²) in [6.07, 6.45) is 15.7. The SMILES string of the molecule is C/C(=C\[C@H](C(C)C)N(C)C(=O)CNC=O)C(=O)N1CCCC1.CC(C)C.CC(C)N1CCCCC1.CCCCN(CCCC)CCCNC=O. The van der Waals surface area contributed by atoms with Crippen molar-refractivity contribution in [3.05, 3.63) is 11.6 Å². The van der Waals surface area contributed by atoms with Crippen molar-refractivity contribution in [1.29, 1.82) is 0 Å². The molecule has 0 radical (unpaired) electrons. The fraction of sp³-hybridized carbons (Fsp3) is 0.850. The summed E-state index contributed by atoms with van der Waals surface area (Å²) in [5, 5.41) is 5.08. The molecule has 2 rings (SSSR count). The fourth-order valence-electron chi connectivity index (χ4n) is 5.67. The van der Waals surface area contributed by atoms with Gasteiger partial charge in [0.2, 0.25) is 24.6 Å². The minimum atomic E-state index is -0.177. The Morgan fingerprint density at radius 3 is 1.64 bits per heavy atom. The molecule has 0 aliphatic carbocycles. The van der Waals surface area contributed by atoms with Crippen molar-refractivity contribution in [3.63, 3.8) is 0 Å². The number of amides is 4. The van der Waals surface area contributed by atoms with Gasteiger partial charge in [0.05, 0.1) is 12.6 Å². The second-order valence-corrected chi connectivity index (χ2v) is 15.0. The van der Waals surface area contributed by atoms with Crippen LogP contribution in [0.15, 0.2) is 11.6 Å². The highest BCUT2D eigenvalue weighted by atomic mass is 16.2. The van der Waals surface area contributed by atoms with E-state index in [9.17, 15) is 19.2 Å². The molecule has 0 aromatic heterocycles. The number of likely N-dealkylation sites (N-methyl/N-ethyl adjacent to an activating group) is 1. The zero-order valence-corrected chi connectivity index (χ0v) is 34.4. The molecule has 0 unspecified atom stereocenters. The highest BCUT2D eigenvalue weighted by Crippen LogP contribution is 2.17. The summed E-state index contributed by atoms with van der Waals surface area (Å²) in [5.41, 5.74) is 0.670. The minimum absolute atomic E-state index is 0.0316. The first-order valence-corrected chi connectivity index (χ1v) is 19.8. The highest BCUT2D eigenvalue weighted by Gasteiger charge is 2.24. The molecular formula is C40H80N6O4. The molecular weight excluding hydrogens is 628 g/mol. The quantitative estimate of drug-likeness (QED) is 0.0921. The molecule has 2 saturated heterocycles. The summed E-state index contributed by atoms with van der Waals surface area (Å²) in [6.45, 7) is 29.9. The van der Waals surface area contributed by atoms with Gasteiger partial charge < -0.3 is 30.2 Å². The Labute approximate surface area is 308 Å². The summed E-state index contributed by atoms with van der Waals surface area (Å²) < 4.78 is 0. The number of carbonyl (C=O) groups excluding carboxylic acids is 4. The smallest absolute Gasteiger partial charge is 0.249 e. The molecule has 2 N–H and O–H groups in total. The average molecular weight is 709 g/mol. The standard InChI is InChI=1S/C16H27N3O3.C12H26N2O.C8H17N.C4H10/c1-12(2)14(18(4)15(21)10-17-11-20)9-13(3)16(22)19-7-5-6-8-19;1-3-5-9-14(10-6-4-2)11-7-8-13-12-15;1-8(2)9-6-4-3-5-7-9;1-4(2)3/h9,11-12,14H,5-8,10H2,1-4H3,(H,17,20);12H,3-11H2,1-2H3,(H,13,15);8H,3-7H2,1-2H3;4H,1-3H3/b13-9+;;;/t14-;;;/m1.../s1. The van der Waals surface area contributed by atoms with Crippen molar-refractivity contribution in [3.8, 4) is 0 Å². The zero-order chi connectivity index (χ0) is 38.3. The molecule has 294 valence electrons. The van der Waals surface area contributed by atoms with Gasteiger partial charge in [-0.3, -0.25) is 19.2 Å². The second-order valence-electron chi connectivity index (χ2n) is 15.0. The van der Waals surface area contributed by atoms with Gasteiger partial charge in [-0.15, -0.1) is 0 Å². The molecule has 0 aromatic rings. The lowest BCUT2D eigenvalue weighted by Crippen LogP contribution is -2.43. The molecule has 2 heterocycles. The predicted octanol–water partition coefficient (Wildman–Crippen LogP) is 6.35. The number of piperidine rings is 1. The van der Waals surface area contributed by atoms with Gasteiger partial charge in [0.1, 0.15) is 0 Å². The Morgan fingerprint density at radius 1 is 0.740 bits per heavy atom. The third-order valence-corrected chi connectivity index (χ3v) is 8.67. The number of rotatable bonds is 19. The van der Waals surface area contributed by atoms with Crippen LogP contribution in [0, 0.1) is 11.8 Å². The van der Waals surface area contributed by atoms with Crippen LogP contribution < -0.4 is 10.6 Å². The van der Waals surface area contributed by atoms with Crippen LogP contribution in [0.25, 0.3) is 0 Å². The molecule has 0 bridgehead atoms. The van der Waals surface area contributed by atoms with Crippen molar-refractivity contribution < 1.29 is 19.2 Å². The van der Waals surface area contributed by atoms with Crippen LogP contribution in [-0.2, 0) is 19.2 Å².